The average molecular weight is 770 g/mol. The number of hydrogen-bond acceptors (Lipinski definition) is 9. The van der Waals surface area contributed by atoms with Gasteiger partial charge in [-0.2, -0.15) is 0 Å². The smallest absolute Gasteiger partial charge is 0.259 e. The predicted octanol–water partition coefficient (Wildman–Crippen LogP) is 5.17. The first kappa shape index (κ1) is 37.4. The van der Waals surface area contributed by atoms with Crippen LogP contribution in [0, 0.1) is 25.7 Å². The maximum atomic E-state index is 15.0. The lowest BCUT2D eigenvalue weighted by atomic mass is 9.87. The normalized spacial score (nSPS) is 29.5. The third-order valence-corrected chi connectivity index (χ3v) is 14.9. The fourth-order valence-corrected chi connectivity index (χ4v) is 10.2. The number of fused-ring (bicyclic) bond motifs is 5. The Labute approximate surface area is 322 Å². The molecule has 2 N–H and O–H groups in total. The van der Waals surface area contributed by atoms with Crippen LogP contribution in [0.15, 0.2) is 48.6 Å². The van der Waals surface area contributed by atoms with E-state index in [1.165, 1.54) is 0 Å². The van der Waals surface area contributed by atoms with Gasteiger partial charge < -0.3 is 19.7 Å². The molecule has 0 bridgehead atoms. The molecule has 2 saturated carbocycles. The molecule has 55 heavy (non-hydrogen) atoms. The van der Waals surface area contributed by atoms with Gasteiger partial charge in [-0.15, -0.1) is 0 Å². The summed E-state index contributed by atoms with van der Waals surface area (Å²) in [6.07, 6.45) is 11.1. The molecule has 3 aromatic rings. The molecule has 0 radical (unpaired) electrons. The van der Waals surface area contributed by atoms with Crippen LogP contribution in [0.2, 0.25) is 0 Å². The SMILES string of the molecule is COc1ccc2nc(C)c3c(c2c1)CC[C@]1(C[C@H]2C(=O)N[C@]4(C(=O)NS(=O)(=O)C5(C)CC5)C[C@H]4/C=C\CCCCC[C@H](Cc4cccc(C)n4)C(=O)N2C1)O3. The number of nitrogens with zero attached hydrogens (tertiary/aromatic N) is 3. The standard InChI is InChI=1S/C42H51N5O7S/c1-26-11-10-14-30(43-26)21-28-12-8-6-5-7-9-13-29-23-42(29,39(50)46-55(51,52)40(3)19-20-40)45-37(48)35-24-41(25-47(35)38(28)49)18-17-32-33-22-31(53-4)15-16-34(33)44-27(2)36(32)54-41/h9-11,13-16,22,28-29,35H,5-8,12,17-21,23-25H2,1-4H3,(H,45,48)(H,46,50)/b13-9-/t28-,29-,35+,41-,42-/m1/s1. The Morgan fingerprint density at radius 2 is 1.89 bits per heavy atom. The topological polar surface area (TPSA) is 157 Å². The fourth-order valence-electron chi connectivity index (χ4n) is 8.90. The molecule has 3 fully saturated rings. The molecule has 3 amide bonds. The molecule has 292 valence electrons. The molecule has 2 aliphatic carbocycles. The number of nitrogens with one attached hydrogen (secondary N) is 2. The molecule has 1 aromatic carbocycles. The van der Waals surface area contributed by atoms with Gasteiger partial charge in [0.05, 0.1) is 29.6 Å². The molecule has 5 atom stereocenters. The van der Waals surface area contributed by atoms with Gasteiger partial charge in [0, 0.05) is 47.0 Å². The van der Waals surface area contributed by atoms with E-state index in [-0.39, 0.29) is 31.2 Å². The summed E-state index contributed by atoms with van der Waals surface area (Å²) in [5, 5.41) is 3.97. The van der Waals surface area contributed by atoms with Crippen LogP contribution in [0.1, 0.15) is 93.8 Å². The molecule has 2 aromatic heterocycles. The largest absolute Gasteiger partial charge is 0.497 e. The fraction of sp³-hybridized carbons (Fsp3) is 0.548. The zero-order valence-corrected chi connectivity index (χ0v) is 33.0. The van der Waals surface area contributed by atoms with Crippen molar-refractivity contribution in [2.75, 3.05) is 13.7 Å². The van der Waals surface area contributed by atoms with Crippen LogP contribution in [0.25, 0.3) is 10.9 Å². The maximum absolute atomic E-state index is 15.0. The molecular weight excluding hydrogens is 719 g/mol. The number of benzene rings is 1. The van der Waals surface area contributed by atoms with Gasteiger partial charge in [0.1, 0.15) is 28.7 Å². The molecule has 0 unspecified atom stereocenters. The summed E-state index contributed by atoms with van der Waals surface area (Å²) < 4.78 is 40.3. The summed E-state index contributed by atoms with van der Waals surface area (Å²) in [5.74, 6) is -0.781. The number of hydrogen-bond donors (Lipinski definition) is 2. The molecule has 13 heteroatoms. The first-order valence-electron chi connectivity index (χ1n) is 19.7. The Kier molecular flexibility index (Phi) is 9.45. The lowest BCUT2D eigenvalue weighted by Crippen LogP contribution is -2.57. The van der Waals surface area contributed by atoms with Crippen LogP contribution < -0.4 is 19.5 Å². The Morgan fingerprint density at radius 1 is 1.07 bits per heavy atom. The monoisotopic (exact) mass is 769 g/mol. The van der Waals surface area contributed by atoms with Gasteiger partial charge in [0.25, 0.3) is 5.91 Å². The van der Waals surface area contributed by atoms with Crippen molar-refractivity contribution in [1.82, 2.24) is 24.9 Å². The van der Waals surface area contributed by atoms with Gasteiger partial charge in [0.2, 0.25) is 21.8 Å². The molecule has 3 aliphatic heterocycles. The van der Waals surface area contributed by atoms with E-state index < -0.39 is 49.7 Å². The van der Waals surface area contributed by atoms with Crippen LogP contribution in [0.3, 0.4) is 0 Å². The second kappa shape index (κ2) is 13.9. The number of allylic oxidation sites excluding steroid dienone is 1. The summed E-state index contributed by atoms with van der Waals surface area (Å²) in [6.45, 7) is 5.66. The molecule has 1 spiro atoms. The molecule has 1 saturated heterocycles. The van der Waals surface area contributed by atoms with Crippen molar-refractivity contribution >= 4 is 38.6 Å². The molecule has 8 rings (SSSR count). The van der Waals surface area contributed by atoms with E-state index in [1.54, 1.807) is 18.9 Å². The van der Waals surface area contributed by atoms with Crippen molar-refractivity contribution in [2.24, 2.45) is 11.8 Å². The first-order valence-corrected chi connectivity index (χ1v) is 21.2. The quantitative estimate of drug-likeness (QED) is 0.323. The Bertz CT molecular complexity index is 2200. The Balaban J connectivity index is 1.15. The second-order valence-electron chi connectivity index (χ2n) is 16.8. The summed E-state index contributed by atoms with van der Waals surface area (Å²) in [7, 11) is -2.32. The van der Waals surface area contributed by atoms with Crippen LogP contribution in [-0.4, -0.2) is 76.6 Å². The predicted molar refractivity (Wildman–Crippen MR) is 207 cm³/mol. The Morgan fingerprint density at radius 3 is 2.65 bits per heavy atom. The zero-order chi connectivity index (χ0) is 38.8. The number of aromatic nitrogens is 2. The van der Waals surface area contributed by atoms with Crippen molar-refractivity contribution in [3.05, 3.63) is 71.2 Å². The van der Waals surface area contributed by atoms with Crippen LogP contribution in [0.5, 0.6) is 11.5 Å². The van der Waals surface area contributed by atoms with E-state index in [2.05, 4.69) is 10.0 Å². The number of sulfonamides is 1. The Hall–Kier alpha value is -4.52. The lowest BCUT2D eigenvalue weighted by Gasteiger charge is -2.36. The van der Waals surface area contributed by atoms with Crippen LogP contribution >= 0.6 is 0 Å². The van der Waals surface area contributed by atoms with Gasteiger partial charge in [-0.3, -0.25) is 24.1 Å². The summed E-state index contributed by atoms with van der Waals surface area (Å²) in [4.78, 5) is 54.9. The summed E-state index contributed by atoms with van der Waals surface area (Å²) in [5.41, 5.74) is 1.95. The first-order chi connectivity index (χ1) is 26.3. The second-order valence-corrected chi connectivity index (χ2v) is 18.9. The number of ether oxygens (including phenoxy) is 2. The number of methoxy groups -OCH3 is 1. The van der Waals surface area contributed by atoms with E-state index in [0.29, 0.717) is 50.0 Å². The van der Waals surface area contributed by atoms with Gasteiger partial charge in [-0.25, -0.2) is 13.4 Å². The van der Waals surface area contributed by atoms with Crippen molar-refractivity contribution in [3.8, 4) is 11.5 Å². The number of amides is 3. The van der Waals surface area contributed by atoms with Crippen LogP contribution in [-0.2, 0) is 37.2 Å². The number of aryl methyl sites for hydroxylation is 3. The van der Waals surface area contributed by atoms with Crippen molar-refractivity contribution in [2.45, 2.75) is 120 Å². The van der Waals surface area contributed by atoms with E-state index in [4.69, 9.17) is 19.4 Å². The number of pyridine rings is 2. The highest BCUT2D eigenvalue weighted by Gasteiger charge is 2.64. The van der Waals surface area contributed by atoms with Gasteiger partial charge >= 0.3 is 0 Å². The lowest BCUT2D eigenvalue weighted by molar-refractivity contribution is -0.143. The highest BCUT2D eigenvalue weighted by Crippen LogP contribution is 2.49. The zero-order valence-electron chi connectivity index (χ0n) is 32.2. The van der Waals surface area contributed by atoms with E-state index in [1.807, 2.05) is 62.4 Å². The maximum Gasteiger partial charge on any atom is 0.259 e. The summed E-state index contributed by atoms with van der Waals surface area (Å²) in [6, 6.07) is 10.7. The number of carbonyl (C=O) groups is 3. The van der Waals surface area contributed by atoms with E-state index in [0.717, 1.165) is 59.2 Å². The minimum absolute atomic E-state index is 0.143. The highest BCUT2D eigenvalue weighted by atomic mass is 32.2. The third-order valence-electron chi connectivity index (χ3n) is 12.7. The van der Waals surface area contributed by atoms with E-state index in [9.17, 15) is 22.8 Å². The average Bonchev–Trinajstić information content (AvgIpc) is 4.05. The van der Waals surface area contributed by atoms with Gasteiger partial charge in [0.15, 0.2) is 0 Å². The third kappa shape index (κ3) is 6.97. The van der Waals surface area contributed by atoms with Gasteiger partial charge in [-0.05, 0) is 102 Å². The van der Waals surface area contributed by atoms with Crippen molar-refractivity contribution in [1.29, 1.82) is 0 Å². The van der Waals surface area contributed by atoms with Gasteiger partial charge in [-0.1, -0.05) is 31.1 Å². The number of carbonyl (C=O) groups excluding carboxylic acids is 3. The number of rotatable bonds is 6. The van der Waals surface area contributed by atoms with E-state index >= 15 is 0 Å². The molecule has 5 aliphatic rings. The minimum Gasteiger partial charge on any atom is -0.497 e. The molecule has 5 heterocycles. The molecular formula is C42H51N5O7S. The highest BCUT2D eigenvalue weighted by molar-refractivity contribution is 7.91. The minimum atomic E-state index is -3.95. The summed E-state index contributed by atoms with van der Waals surface area (Å²) >= 11 is 0. The molecule has 12 nitrogen and oxygen atoms in total. The van der Waals surface area contributed by atoms with Crippen molar-refractivity contribution in [3.63, 3.8) is 0 Å². The van der Waals surface area contributed by atoms with Crippen molar-refractivity contribution < 1.29 is 32.3 Å². The van der Waals surface area contributed by atoms with Crippen LogP contribution in [0.4, 0.5) is 0 Å².